The predicted octanol–water partition coefficient (Wildman–Crippen LogP) is 2.05. The number of hydrogen-bond acceptors (Lipinski definition) is 4. The van der Waals surface area contributed by atoms with Crippen LogP contribution in [-0.2, 0) is 22.6 Å². The summed E-state index contributed by atoms with van der Waals surface area (Å²) in [4.78, 5) is 27.0. The van der Waals surface area contributed by atoms with Gasteiger partial charge in [-0.1, -0.05) is 42.0 Å². The van der Waals surface area contributed by atoms with Gasteiger partial charge in [-0.25, -0.2) is 0 Å². The lowest BCUT2D eigenvalue weighted by molar-refractivity contribution is -0.134. The van der Waals surface area contributed by atoms with Crippen LogP contribution in [0.25, 0.3) is 0 Å². The number of hydrogen-bond donors (Lipinski definition) is 2. The average molecular weight is 396 g/mol. The number of nitrogens with zero attached hydrogens (tertiary/aromatic N) is 1. The van der Waals surface area contributed by atoms with Crippen molar-refractivity contribution in [2.24, 2.45) is 0 Å². The smallest absolute Gasteiger partial charge is 0.237 e. The number of nitrogens with one attached hydrogen (secondary N) is 2. The third kappa shape index (κ3) is 6.06. The number of methoxy groups -OCH3 is 1. The van der Waals surface area contributed by atoms with Gasteiger partial charge in [0.2, 0.25) is 11.8 Å². The number of benzene rings is 2. The summed E-state index contributed by atoms with van der Waals surface area (Å²) >= 11 is 0. The van der Waals surface area contributed by atoms with Crippen LogP contribution in [0.15, 0.2) is 48.5 Å². The van der Waals surface area contributed by atoms with Gasteiger partial charge >= 0.3 is 0 Å². The molecule has 2 amide bonds. The van der Waals surface area contributed by atoms with Gasteiger partial charge in [0, 0.05) is 26.2 Å². The van der Waals surface area contributed by atoms with Crippen LogP contribution in [0.2, 0.25) is 0 Å². The van der Waals surface area contributed by atoms with Crippen LogP contribution in [-0.4, -0.2) is 49.5 Å². The summed E-state index contributed by atoms with van der Waals surface area (Å²) in [6.07, 6.45) is 0.878. The summed E-state index contributed by atoms with van der Waals surface area (Å²) in [5.41, 5.74) is 3.45. The van der Waals surface area contributed by atoms with Gasteiger partial charge in [0.05, 0.1) is 19.6 Å². The van der Waals surface area contributed by atoms with Crippen LogP contribution in [0.1, 0.15) is 23.1 Å². The molecule has 0 spiro atoms. The van der Waals surface area contributed by atoms with E-state index in [1.807, 2.05) is 24.3 Å². The zero-order chi connectivity index (χ0) is 20.6. The van der Waals surface area contributed by atoms with E-state index in [2.05, 4.69) is 46.7 Å². The van der Waals surface area contributed by atoms with Crippen molar-refractivity contribution in [2.45, 2.75) is 32.4 Å². The fourth-order valence-corrected chi connectivity index (χ4v) is 3.52. The maximum absolute atomic E-state index is 12.5. The van der Waals surface area contributed by atoms with E-state index in [1.165, 1.54) is 5.56 Å². The lowest BCUT2D eigenvalue weighted by Gasteiger charge is -2.34. The first-order chi connectivity index (χ1) is 14.0. The monoisotopic (exact) mass is 395 g/mol. The Labute approximate surface area is 172 Å². The fraction of sp³-hybridized carbons (Fsp3) is 0.391. The number of carbonyl (C=O) groups excluding carboxylic acids is 2. The molecule has 6 nitrogen and oxygen atoms in total. The van der Waals surface area contributed by atoms with Crippen molar-refractivity contribution >= 4 is 11.8 Å². The molecule has 6 heteroatoms. The third-order valence-corrected chi connectivity index (χ3v) is 5.20. The number of carbonyl (C=O) groups is 2. The number of ether oxygens (including phenoxy) is 1. The molecule has 0 radical (unpaired) electrons. The normalized spacial score (nSPS) is 16.9. The quantitative estimate of drug-likeness (QED) is 0.718. The fourth-order valence-electron chi connectivity index (χ4n) is 3.52. The van der Waals surface area contributed by atoms with E-state index in [0.717, 1.165) is 23.4 Å². The molecule has 154 valence electrons. The van der Waals surface area contributed by atoms with Crippen LogP contribution in [0.4, 0.5) is 0 Å². The summed E-state index contributed by atoms with van der Waals surface area (Å²) in [5.74, 6) is 0.620. The van der Waals surface area contributed by atoms with E-state index >= 15 is 0 Å². The molecule has 0 aliphatic carbocycles. The molecule has 1 fully saturated rings. The van der Waals surface area contributed by atoms with Crippen LogP contribution in [0.3, 0.4) is 0 Å². The Kier molecular flexibility index (Phi) is 7.25. The largest absolute Gasteiger partial charge is 0.497 e. The van der Waals surface area contributed by atoms with Crippen molar-refractivity contribution in [3.63, 3.8) is 0 Å². The Morgan fingerprint density at radius 3 is 2.76 bits per heavy atom. The van der Waals surface area contributed by atoms with Gasteiger partial charge in [-0.2, -0.15) is 0 Å². The van der Waals surface area contributed by atoms with E-state index in [-0.39, 0.29) is 18.2 Å². The molecule has 1 aliphatic rings. The van der Waals surface area contributed by atoms with Gasteiger partial charge < -0.3 is 15.4 Å². The molecule has 2 aromatic rings. The molecule has 29 heavy (non-hydrogen) atoms. The van der Waals surface area contributed by atoms with Crippen molar-refractivity contribution < 1.29 is 14.3 Å². The van der Waals surface area contributed by atoms with Gasteiger partial charge in [0.15, 0.2) is 0 Å². The first-order valence-electron chi connectivity index (χ1n) is 10.0. The summed E-state index contributed by atoms with van der Waals surface area (Å²) in [5, 5.41) is 5.82. The lowest BCUT2D eigenvalue weighted by Crippen LogP contribution is -2.56. The molecular formula is C23H29N3O3. The van der Waals surface area contributed by atoms with E-state index in [9.17, 15) is 9.59 Å². The predicted molar refractivity (Wildman–Crippen MR) is 113 cm³/mol. The molecule has 0 unspecified atom stereocenters. The Morgan fingerprint density at radius 2 is 2.00 bits per heavy atom. The maximum Gasteiger partial charge on any atom is 0.237 e. The SMILES string of the molecule is COc1cccc(CCNC(=O)C[C@H]2C(=O)NCCN2Cc2ccc(C)cc2)c1. The zero-order valence-corrected chi connectivity index (χ0v) is 17.1. The van der Waals surface area contributed by atoms with Crippen molar-refractivity contribution in [1.82, 2.24) is 15.5 Å². The average Bonchev–Trinajstić information content (AvgIpc) is 2.72. The van der Waals surface area contributed by atoms with Gasteiger partial charge in [-0.3, -0.25) is 14.5 Å². The highest BCUT2D eigenvalue weighted by molar-refractivity contribution is 5.88. The molecule has 2 N–H and O–H groups in total. The summed E-state index contributed by atoms with van der Waals surface area (Å²) in [7, 11) is 1.64. The minimum Gasteiger partial charge on any atom is -0.497 e. The zero-order valence-electron chi connectivity index (χ0n) is 17.1. The second kappa shape index (κ2) is 10.1. The summed E-state index contributed by atoms with van der Waals surface area (Å²) in [6, 6.07) is 15.6. The molecule has 0 aromatic heterocycles. The third-order valence-electron chi connectivity index (χ3n) is 5.20. The molecule has 1 saturated heterocycles. The molecular weight excluding hydrogens is 366 g/mol. The Balaban J connectivity index is 1.53. The molecule has 1 atom stereocenters. The highest BCUT2D eigenvalue weighted by atomic mass is 16.5. The molecule has 2 aromatic carbocycles. The lowest BCUT2D eigenvalue weighted by atomic mass is 10.1. The first kappa shape index (κ1) is 20.9. The van der Waals surface area contributed by atoms with Gasteiger partial charge in [-0.15, -0.1) is 0 Å². The van der Waals surface area contributed by atoms with Crippen LogP contribution in [0, 0.1) is 6.92 Å². The standard InChI is InChI=1S/C23H29N3O3/c1-17-6-8-19(9-7-17)16-26-13-12-25-23(28)21(26)15-22(27)24-11-10-18-4-3-5-20(14-18)29-2/h3-9,14,21H,10-13,15-16H2,1-2H3,(H,24,27)(H,25,28)/t21-/m0/s1. The topological polar surface area (TPSA) is 70.7 Å². The first-order valence-corrected chi connectivity index (χ1v) is 10.0. The summed E-state index contributed by atoms with van der Waals surface area (Å²) < 4.78 is 5.22. The van der Waals surface area contributed by atoms with Crippen LogP contribution >= 0.6 is 0 Å². The van der Waals surface area contributed by atoms with E-state index < -0.39 is 6.04 Å². The molecule has 1 heterocycles. The molecule has 0 saturated carbocycles. The minimum absolute atomic E-state index is 0.0775. The van der Waals surface area contributed by atoms with Gasteiger partial charge in [-0.05, 0) is 36.6 Å². The van der Waals surface area contributed by atoms with Crippen molar-refractivity contribution in [1.29, 1.82) is 0 Å². The second-order valence-corrected chi connectivity index (χ2v) is 7.42. The maximum atomic E-state index is 12.5. The van der Waals surface area contributed by atoms with Crippen LogP contribution < -0.4 is 15.4 Å². The molecule has 3 rings (SSSR count). The Bertz CT molecular complexity index is 836. The van der Waals surface area contributed by atoms with Crippen molar-refractivity contribution in [2.75, 3.05) is 26.7 Å². The number of aryl methyl sites for hydroxylation is 1. The number of piperazine rings is 1. The highest BCUT2D eigenvalue weighted by Gasteiger charge is 2.31. The van der Waals surface area contributed by atoms with Gasteiger partial charge in [0.1, 0.15) is 5.75 Å². The van der Waals surface area contributed by atoms with Crippen molar-refractivity contribution in [3.05, 3.63) is 65.2 Å². The van der Waals surface area contributed by atoms with Crippen molar-refractivity contribution in [3.8, 4) is 5.75 Å². The van der Waals surface area contributed by atoms with Gasteiger partial charge in [0.25, 0.3) is 0 Å². The Hall–Kier alpha value is -2.86. The minimum atomic E-state index is -0.443. The number of amides is 2. The van der Waals surface area contributed by atoms with E-state index in [0.29, 0.717) is 26.1 Å². The van der Waals surface area contributed by atoms with E-state index in [1.54, 1.807) is 7.11 Å². The molecule has 0 bridgehead atoms. The Morgan fingerprint density at radius 1 is 1.21 bits per heavy atom. The van der Waals surface area contributed by atoms with E-state index in [4.69, 9.17) is 4.74 Å². The highest BCUT2D eigenvalue weighted by Crippen LogP contribution is 2.15. The van der Waals surface area contributed by atoms with Crippen LogP contribution in [0.5, 0.6) is 5.75 Å². The summed E-state index contributed by atoms with van der Waals surface area (Å²) in [6.45, 7) is 4.59. The second-order valence-electron chi connectivity index (χ2n) is 7.42. The molecule has 1 aliphatic heterocycles. The number of rotatable bonds is 8.